The lowest BCUT2D eigenvalue weighted by Gasteiger charge is -1.97. The first-order valence-electron chi connectivity index (χ1n) is 8.99. The molecule has 0 aliphatic carbocycles. The van der Waals surface area contributed by atoms with E-state index in [1.54, 1.807) is 10.8 Å². The quantitative estimate of drug-likeness (QED) is 0.297. The fourth-order valence-electron chi connectivity index (χ4n) is 2.17. The summed E-state index contributed by atoms with van der Waals surface area (Å²) in [6.45, 7) is 7.51. The molecular formula is C22H30FN3. The number of alkyl halides is 1. The van der Waals surface area contributed by atoms with Gasteiger partial charge in [-0.15, -0.1) is 0 Å². The molecule has 26 heavy (non-hydrogen) atoms. The van der Waals surface area contributed by atoms with Gasteiger partial charge in [0.2, 0.25) is 0 Å². The van der Waals surface area contributed by atoms with Crippen molar-refractivity contribution in [3.63, 3.8) is 0 Å². The summed E-state index contributed by atoms with van der Waals surface area (Å²) in [5, 5.41) is 4.47. The summed E-state index contributed by atoms with van der Waals surface area (Å²) in [6, 6.07) is 1.91. The van der Waals surface area contributed by atoms with E-state index in [1.165, 1.54) is 13.0 Å². The van der Waals surface area contributed by atoms with Crippen LogP contribution in [0.25, 0.3) is 5.57 Å². The van der Waals surface area contributed by atoms with E-state index in [0.29, 0.717) is 0 Å². The van der Waals surface area contributed by atoms with Crippen molar-refractivity contribution in [2.24, 2.45) is 18.0 Å². The first kappa shape index (κ1) is 21.6. The van der Waals surface area contributed by atoms with Crippen LogP contribution in [0.1, 0.15) is 39.8 Å². The molecule has 0 aliphatic heterocycles. The van der Waals surface area contributed by atoms with Crippen LogP contribution < -0.4 is 0 Å². The maximum atomic E-state index is 13.0. The van der Waals surface area contributed by atoms with Crippen molar-refractivity contribution >= 4 is 17.6 Å². The van der Waals surface area contributed by atoms with E-state index in [-0.39, 0.29) is 5.92 Å². The summed E-state index contributed by atoms with van der Waals surface area (Å²) in [7, 11) is 1.86. The van der Waals surface area contributed by atoms with Gasteiger partial charge in [0.05, 0.1) is 5.69 Å². The Balaban J connectivity index is 2.74. The van der Waals surface area contributed by atoms with Crippen molar-refractivity contribution in [2.45, 2.75) is 40.3 Å². The van der Waals surface area contributed by atoms with Crippen molar-refractivity contribution in [1.82, 2.24) is 9.78 Å². The lowest BCUT2D eigenvalue weighted by Crippen LogP contribution is -1.93. The number of hydrogen-bond acceptors (Lipinski definition) is 2. The van der Waals surface area contributed by atoms with Gasteiger partial charge in [0.25, 0.3) is 0 Å². The molecule has 3 nitrogen and oxygen atoms in total. The topological polar surface area (TPSA) is 30.2 Å². The highest BCUT2D eigenvalue weighted by Gasteiger charge is 2.07. The van der Waals surface area contributed by atoms with Gasteiger partial charge >= 0.3 is 0 Å². The molecule has 0 aliphatic rings. The van der Waals surface area contributed by atoms with Gasteiger partial charge in [-0.1, -0.05) is 61.6 Å². The van der Waals surface area contributed by atoms with E-state index in [4.69, 9.17) is 0 Å². The molecule has 2 atom stereocenters. The summed E-state index contributed by atoms with van der Waals surface area (Å²) in [4.78, 5) is 4.54. The predicted octanol–water partition coefficient (Wildman–Crippen LogP) is 6.15. The molecule has 0 bridgehead atoms. The lowest BCUT2D eigenvalue weighted by molar-refractivity contribution is 0.431. The summed E-state index contributed by atoms with van der Waals surface area (Å²) in [5.74, 6) is 1.01. The second kappa shape index (κ2) is 12.0. The number of hydrogen-bond donors (Lipinski definition) is 0. The fraction of sp³-hybridized carbons (Fsp3) is 0.364. The van der Waals surface area contributed by atoms with E-state index in [0.717, 1.165) is 23.5 Å². The molecular weight excluding hydrogens is 325 g/mol. The third-order valence-corrected chi connectivity index (χ3v) is 3.60. The standard InChI is InChI=1S/C22H30FN3/c1-6-8-9-10-11-12-13-18(3)17-24-22-16-21(25-26(22)5)20(7-2)15-14-19(4)23/h6-10,12-19H,11H2,1-5H3/b8-6-,10-9-,13-12+,15-14-,20-7+,24-17-. The average molecular weight is 356 g/mol. The summed E-state index contributed by atoms with van der Waals surface area (Å²) >= 11 is 0. The Labute approximate surface area is 157 Å². The van der Waals surface area contributed by atoms with Crippen molar-refractivity contribution in [3.05, 3.63) is 66.4 Å². The number of aryl methyl sites for hydroxylation is 1. The summed E-state index contributed by atoms with van der Waals surface area (Å²) in [6.07, 6.45) is 19.5. The van der Waals surface area contributed by atoms with Crippen molar-refractivity contribution in [2.75, 3.05) is 0 Å². The first-order valence-corrected chi connectivity index (χ1v) is 8.99. The number of allylic oxidation sites excluding steroid dienone is 10. The highest BCUT2D eigenvalue weighted by atomic mass is 19.1. The van der Waals surface area contributed by atoms with Gasteiger partial charge in [0.1, 0.15) is 12.0 Å². The van der Waals surface area contributed by atoms with Crippen LogP contribution in [-0.4, -0.2) is 22.2 Å². The smallest absolute Gasteiger partial charge is 0.150 e. The van der Waals surface area contributed by atoms with E-state index < -0.39 is 6.17 Å². The Bertz CT molecular complexity index is 716. The molecule has 0 spiro atoms. The van der Waals surface area contributed by atoms with Crippen LogP contribution in [0.15, 0.2) is 65.7 Å². The molecule has 0 amide bonds. The second-order valence-electron chi connectivity index (χ2n) is 6.05. The minimum absolute atomic E-state index is 0.233. The Morgan fingerprint density at radius 2 is 2.00 bits per heavy atom. The maximum absolute atomic E-state index is 13.0. The van der Waals surface area contributed by atoms with E-state index >= 15 is 0 Å². The molecule has 2 unspecified atom stereocenters. The molecule has 1 heterocycles. The van der Waals surface area contributed by atoms with Crippen LogP contribution >= 0.6 is 0 Å². The highest BCUT2D eigenvalue weighted by Crippen LogP contribution is 2.21. The average Bonchev–Trinajstić information content (AvgIpc) is 2.97. The van der Waals surface area contributed by atoms with E-state index in [9.17, 15) is 4.39 Å². The Morgan fingerprint density at radius 1 is 1.23 bits per heavy atom. The second-order valence-corrected chi connectivity index (χ2v) is 6.05. The molecule has 1 aromatic heterocycles. The Morgan fingerprint density at radius 3 is 2.65 bits per heavy atom. The third kappa shape index (κ3) is 8.06. The van der Waals surface area contributed by atoms with Gasteiger partial charge in [-0.05, 0) is 32.8 Å². The number of rotatable bonds is 9. The largest absolute Gasteiger partial charge is 0.250 e. The minimum Gasteiger partial charge on any atom is -0.250 e. The molecule has 0 radical (unpaired) electrons. The zero-order chi connectivity index (χ0) is 19.4. The molecule has 0 N–H and O–H groups in total. The van der Waals surface area contributed by atoms with Gasteiger partial charge < -0.3 is 0 Å². The molecule has 0 fully saturated rings. The van der Waals surface area contributed by atoms with Crippen LogP contribution in [0, 0.1) is 5.92 Å². The number of nitrogens with zero attached hydrogens (tertiary/aromatic N) is 3. The third-order valence-electron chi connectivity index (χ3n) is 3.60. The predicted molar refractivity (Wildman–Crippen MR) is 112 cm³/mol. The van der Waals surface area contributed by atoms with Crippen molar-refractivity contribution in [1.29, 1.82) is 0 Å². The Hall–Kier alpha value is -2.49. The molecule has 1 aromatic rings. The highest BCUT2D eigenvalue weighted by molar-refractivity contribution is 5.74. The molecule has 4 heteroatoms. The van der Waals surface area contributed by atoms with Gasteiger partial charge in [-0.2, -0.15) is 5.10 Å². The van der Waals surface area contributed by atoms with Crippen LogP contribution in [0.2, 0.25) is 0 Å². The maximum Gasteiger partial charge on any atom is 0.150 e. The zero-order valence-corrected chi connectivity index (χ0v) is 16.4. The molecule has 0 saturated carbocycles. The van der Waals surface area contributed by atoms with E-state index in [2.05, 4.69) is 35.2 Å². The van der Waals surface area contributed by atoms with Crippen LogP contribution in [-0.2, 0) is 7.05 Å². The summed E-state index contributed by atoms with van der Waals surface area (Å²) in [5.41, 5.74) is 1.67. The number of aromatic nitrogens is 2. The van der Waals surface area contributed by atoms with Crippen molar-refractivity contribution in [3.8, 4) is 0 Å². The van der Waals surface area contributed by atoms with Crippen LogP contribution in [0.5, 0.6) is 0 Å². The van der Waals surface area contributed by atoms with Crippen LogP contribution in [0.4, 0.5) is 10.2 Å². The number of aliphatic imine (C=N–C) groups is 1. The summed E-state index contributed by atoms with van der Waals surface area (Å²) < 4.78 is 14.8. The lowest BCUT2D eigenvalue weighted by atomic mass is 10.1. The normalized spacial score (nSPS) is 16.2. The van der Waals surface area contributed by atoms with E-state index in [1.807, 2.05) is 57.5 Å². The molecule has 1 rings (SSSR count). The zero-order valence-electron chi connectivity index (χ0n) is 16.4. The van der Waals surface area contributed by atoms with Crippen LogP contribution in [0.3, 0.4) is 0 Å². The van der Waals surface area contributed by atoms with Gasteiger partial charge in [-0.25, -0.2) is 9.38 Å². The minimum atomic E-state index is -0.980. The first-order chi connectivity index (χ1) is 12.5. The molecule has 140 valence electrons. The molecule has 0 aromatic carbocycles. The fourth-order valence-corrected chi connectivity index (χ4v) is 2.17. The van der Waals surface area contributed by atoms with Gasteiger partial charge in [0.15, 0.2) is 0 Å². The molecule has 0 saturated heterocycles. The van der Waals surface area contributed by atoms with Gasteiger partial charge in [0, 0.05) is 25.2 Å². The SMILES string of the molecule is C/C=C\C=C/C/C=C/C(C)/C=N\c1cc(C(/C=C\C(C)F)=C/C)nn1C. The monoisotopic (exact) mass is 355 g/mol. The van der Waals surface area contributed by atoms with Gasteiger partial charge in [-0.3, -0.25) is 4.68 Å². The number of halogens is 1. The Kier molecular flexibility index (Phi) is 9.91. The van der Waals surface area contributed by atoms with Crippen molar-refractivity contribution < 1.29 is 4.39 Å².